The van der Waals surface area contributed by atoms with Crippen molar-refractivity contribution < 1.29 is 21.6 Å². The van der Waals surface area contributed by atoms with E-state index in [0.717, 1.165) is 31.7 Å². The van der Waals surface area contributed by atoms with Crippen molar-refractivity contribution in [2.45, 2.75) is 43.6 Å². The molecule has 1 saturated carbocycles. The largest absolute Gasteiger partial charge is 0.438 e. The zero-order valence-electron chi connectivity index (χ0n) is 14.6. The van der Waals surface area contributed by atoms with Gasteiger partial charge in [-0.05, 0) is 49.6 Å². The van der Waals surface area contributed by atoms with Crippen LogP contribution in [-0.2, 0) is 10.0 Å². The van der Waals surface area contributed by atoms with Crippen molar-refractivity contribution in [2.24, 2.45) is 0 Å². The molecule has 2 heterocycles. The third-order valence-corrected chi connectivity index (χ3v) is 5.88. The number of aryl methyl sites for hydroxylation is 1. The van der Waals surface area contributed by atoms with Gasteiger partial charge in [-0.1, -0.05) is 18.9 Å². The lowest BCUT2D eigenvalue weighted by atomic mass is 10.1. The summed E-state index contributed by atoms with van der Waals surface area (Å²) in [7, 11) is -4.01. The van der Waals surface area contributed by atoms with Gasteiger partial charge in [-0.25, -0.2) is 4.39 Å². The minimum atomic E-state index is -4.01. The smallest absolute Gasteiger partial charge is 0.295 e. The molecule has 1 N–H and O–H groups in total. The first-order valence-corrected chi connectivity index (χ1v) is 10.1. The van der Waals surface area contributed by atoms with Gasteiger partial charge in [-0.2, -0.15) is 8.42 Å². The topological polar surface area (TPSA) is 98.2 Å². The number of rotatable bonds is 5. The second-order valence-electron chi connectivity index (χ2n) is 6.61. The summed E-state index contributed by atoms with van der Waals surface area (Å²) < 4.78 is 51.9. The van der Waals surface area contributed by atoms with Crippen LogP contribution in [0.15, 0.2) is 44.3 Å². The van der Waals surface area contributed by atoms with E-state index in [4.69, 9.17) is 8.83 Å². The molecule has 0 amide bonds. The highest BCUT2D eigenvalue weighted by Gasteiger charge is 2.25. The number of aromatic nitrogens is 2. The molecule has 9 heteroatoms. The zero-order chi connectivity index (χ0) is 19.0. The summed E-state index contributed by atoms with van der Waals surface area (Å²) in [4.78, 5) is 0. The van der Waals surface area contributed by atoms with E-state index in [0.29, 0.717) is 11.5 Å². The molecule has 27 heavy (non-hydrogen) atoms. The Morgan fingerprint density at radius 1 is 1.11 bits per heavy atom. The summed E-state index contributed by atoms with van der Waals surface area (Å²) in [5.41, 5.74) is 0.532. The molecule has 0 atom stereocenters. The molecule has 142 valence electrons. The van der Waals surface area contributed by atoms with Crippen molar-refractivity contribution in [1.29, 1.82) is 0 Å². The Labute approximate surface area is 155 Å². The Hall–Kier alpha value is -2.68. The lowest BCUT2D eigenvalue weighted by molar-refractivity contribution is 0.421. The van der Waals surface area contributed by atoms with Crippen LogP contribution in [0.25, 0.3) is 11.7 Å². The second kappa shape index (κ2) is 6.80. The average Bonchev–Trinajstić information content (AvgIpc) is 3.38. The minimum absolute atomic E-state index is 0.109. The Morgan fingerprint density at radius 2 is 1.89 bits per heavy atom. The number of anilines is 1. The van der Waals surface area contributed by atoms with E-state index in [2.05, 4.69) is 14.9 Å². The Bertz CT molecular complexity index is 1070. The Morgan fingerprint density at radius 3 is 2.63 bits per heavy atom. The van der Waals surface area contributed by atoms with Crippen LogP contribution >= 0.6 is 0 Å². The fourth-order valence-corrected chi connectivity index (χ4v) is 4.10. The molecule has 0 bridgehead atoms. The quantitative estimate of drug-likeness (QED) is 0.699. The van der Waals surface area contributed by atoms with Crippen LogP contribution in [0.1, 0.15) is 43.1 Å². The molecule has 0 saturated heterocycles. The van der Waals surface area contributed by atoms with Crippen molar-refractivity contribution in [3.05, 3.63) is 47.6 Å². The van der Waals surface area contributed by atoms with E-state index in [1.807, 2.05) is 0 Å². The Balaban J connectivity index is 1.55. The van der Waals surface area contributed by atoms with E-state index >= 15 is 0 Å². The van der Waals surface area contributed by atoms with Crippen molar-refractivity contribution >= 4 is 15.7 Å². The first-order valence-electron chi connectivity index (χ1n) is 8.65. The maximum Gasteiger partial charge on any atom is 0.295 e. The van der Waals surface area contributed by atoms with E-state index in [1.165, 1.54) is 24.3 Å². The minimum Gasteiger partial charge on any atom is -0.438 e. The molecule has 4 rings (SSSR count). The van der Waals surface area contributed by atoms with Gasteiger partial charge >= 0.3 is 0 Å². The van der Waals surface area contributed by atoms with Crippen molar-refractivity contribution in [3.8, 4) is 11.7 Å². The molecule has 1 fully saturated rings. The number of sulfonamides is 1. The van der Waals surface area contributed by atoms with Gasteiger partial charge in [0.1, 0.15) is 5.82 Å². The van der Waals surface area contributed by atoms with Crippen LogP contribution in [-0.4, -0.2) is 18.6 Å². The van der Waals surface area contributed by atoms with Crippen LogP contribution in [0.4, 0.5) is 10.1 Å². The lowest BCUT2D eigenvalue weighted by Crippen LogP contribution is -2.12. The van der Waals surface area contributed by atoms with Crippen LogP contribution in [0.2, 0.25) is 0 Å². The predicted molar refractivity (Wildman–Crippen MR) is 95.2 cm³/mol. The van der Waals surface area contributed by atoms with Gasteiger partial charge in [-0.15, -0.1) is 10.2 Å². The normalized spacial score (nSPS) is 15.3. The standard InChI is InChI=1S/C18H18FN3O4S/c1-11-6-7-13(10-14(11)19)22-27(23,24)16-9-8-15(25-16)18-21-20-17(26-18)12-4-2-3-5-12/h6-10,12,22H,2-5H2,1H3. The number of benzene rings is 1. The fraction of sp³-hybridized carbons (Fsp3) is 0.333. The van der Waals surface area contributed by atoms with Gasteiger partial charge in [0.25, 0.3) is 15.9 Å². The molecule has 3 aromatic rings. The van der Waals surface area contributed by atoms with E-state index < -0.39 is 15.8 Å². The summed E-state index contributed by atoms with van der Waals surface area (Å²) in [6.45, 7) is 1.59. The van der Waals surface area contributed by atoms with Gasteiger partial charge in [0, 0.05) is 5.92 Å². The highest BCUT2D eigenvalue weighted by atomic mass is 32.2. The van der Waals surface area contributed by atoms with Crippen molar-refractivity contribution in [1.82, 2.24) is 10.2 Å². The average molecular weight is 391 g/mol. The molecule has 2 aromatic heterocycles. The van der Waals surface area contributed by atoms with E-state index in [-0.39, 0.29) is 28.3 Å². The first kappa shape index (κ1) is 17.7. The number of furan rings is 1. The molecule has 0 radical (unpaired) electrons. The summed E-state index contributed by atoms with van der Waals surface area (Å²) in [6.07, 6.45) is 4.29. The fourth-order valence-electron chi connectivity index (χ4n) is 3.11. The predicted octanol–water partition coefficient (Wildman–Crippen LogP) is 4.24. The summed E-state index contributed by atoms with van der Waals surface area (Å²) >= 11 is 0. The third kappa shape index (κ3) is 3.59. The molecule has 1 aliphatic rings. The SMILES string of the molecule is Cc1ccc(NS(=O)(=O)c2ccc(-c3nnc(C4CCCC4)o3)o2)cc1F. The summed E-state index contributed by atoms with van der Waals surface area (Å²) in [5.74, 6) is 0.613. The highest BCUT2D eigenvalue weighted by Crippen LogP contribution is 2.35. The van der Waals surface area contributed by atoms with Crippen molar-refractivity contribution in [2.75, 3.05) is 4.72 Å². The molecule has 0 aliphatic heterocycles. The molecular formula is C18H18FN3O4S. The monoisotopic (exact) mass is 391 g/mol. The second-order valence-corrected chi connectivity index (χ2v) is 8.23. The maximum atomic E-state index is 13.6. The molecule has 1 aromatic carbocycles. The van der Waals surface area contributed by atoms with Crippen LogP contribution in [0, 0.1) is 12.7 Å². The van der Waals surface area contributed by atoms with Gasteiger partial charge in [-0.3, -0.25) is 4.72 Å². The summed E-state index contributed by atoms with van der Waals surface area (Å²) in [6, 6.07) is 6.83. The highest BCUT2D eigenvalue weighted by molar-refractivity contribution is 7.92. The number of halogens is 1. The molecule has 1 aliphatic carbocycles. The number of nitrogens with one attached hydrogen (secondary N) is 1. The van der Waals surface area contributed by atoms with Gasteiger partial charge < -0.3 is 8.83 Å². The van der Waals surface area contributed by atoms with E-state index in [9.17, 15) is 12.8 Å². The number of hydrogen-bond donors (Lipinski definition) is 1. The zero-order valence-corrected chi connectivity index (χ0v) is 15.4. The van der Waals surface area contributed by atoms with Gasteiger partial charge in [0.15, 0.2) is 5.76 Å². The Kier molecular flexibility index (Phi) is 4.47. The third-order valence-electron chi connectivity index (χ3n) is 4.63. The molecule has 0 spiro atoms. The molecule has 0 unspecified atom stereocenters. The van der Waals surface area contributed by atoms with Crippen LogP contribution < -0.4 is 4.72 Å². The molecule has 7 nitrogen and oxygen atoms in total. The van der Waals surface area contributed by atoms with E-state index in [1.54, 1.807) is 6.92 Å². The van der Waals surface area contributed by atoms with Crippen LogP contribution in [0.5, 0.6) is 0 Å². The number of nitrogens with zero attached hydrogens (tertiary/aromatic N) is 2. The van der Waals surface area contributed by atoms with Gasteiger partial charge in [0.2, 0.25) is 11.0 Å². The van der Waals surface area contributed by atoms with Crippen LogP contribution in [0.3, 0.4) is 0 Å². The maximum absolute atomic E-state index is 13.6. The van der Waals surface area contributed by atoms with Crippen molar-refractivity contribution in [3.63, 3.8) is 0 Å². The molecular weight excluding hydrogens is 373 g/mol. The summed E-state index contributed by atoms with van der Waals surface area (Å²) in [5, 5.41) is 7.68. The number of hydrogen-bond acceptors (Lipinski definition) is 6. The first-order chi connectivity index (χ1) is 12.9. The van der Waals surface area contributed by atoms with Gasteiger partial charge in [0.05, 0.1) is 5.69 Å². The lowest BCUT2D eigenvalue weighted by Gasteiger charge is -2.06.